The number of rotatable bonds is 5. The molecule has 1 aliphatic heterocycles. The second-order valence-electron chi connectivity index (χ2n) is 4.30. The largest absolute Gasteiger partial charge is 0.394 e. The molecule has 1 heterocycles. The van der Waals surface area contributed by atoms with Crippen molar-refractivity contribution in [2.45, 2.75) is 25.0 Å². The number of hydrogen-bond donors (Lipinski definition) is 2. The van der Waals surface area contributed by atoms with E-state index in [9.17, 15) is 5.11 Å². The Morgan fingerprint density at radius 2 is 2.29 bits per heavy atom. The number of nitrogens with one attached hydrogen (secondary N) is 1. The molecule has 2 N–H and O–H groups in total. The molecule has 0 aromatic heterocycles. The van der Waals surface area contributed by atoms with Gasteiger partial charge < -0.3 is 15.2 Å². The highest BCUT2D eigenvalue weighted by Gasteiger charge is 2.18. The summed E-state index contributed by atoms with van der Waals surface area (Å²) in [4.78, 5) is 0. The summed E-state index contributed by atoms with van der Waals surface area (Å²) >= 11 is 6.11. The van der Waals surface area contributed by atoms with Crippen molar-refractivity contribution in [2.75, 3.05) is 19.8 Å². The van der Waals surface area contributed by atoms with Crippen molar-refractivity contribution in [3.8, 4) is 0 Å². The van der Waals surface area contributed by atoms with Gasteiger partial charge in [-0.25, -0.2) is 0 Å². The van der Waals surface area contributed by atoms with Crippen LogP contribution in [0.25, 0.3) is 0 Å². The molecule has 0 spiro atoms. The third kappa shape index (κ3) is 3.42. The minimum absolute atomic E-state index is 0.0381. The van der Waals surface area contributed by atoms with Crippen molar-refractivity contribution in [1.82, 2.24) is 5.32 Å². The normalized spacial score (nSPS) is 21.6. The molecule has 2 atom stereocenters. The molecule has 0 radical (unpaired) electrons. The molecule has 0 amide bonds. The number of halogens is 1. The predicted octanol–water partition coefficient (Wildman–Crippen LogP) is 2.14. The first kappa shape index (κ1) is 12.8. The van der Waals surface area contributed by atoms with Gasteiger partial charge in [0.15, 0.2) is 0 Å². The van der Waals surface area contributed by atoms with E-state index >= 15 is 0 Å². The maximum absolute atomic E-state index is 9.42. The molecule has 1 saturated heterocycles. The molecule has 0 aliphatic carbocycles. The Kier molecular flexibility index (Phi) is 4.80. The maximum atomic E-state index is 9.42. The molecule has 2 rings (SSSR count). The van der Waals surface area contributed by atoms with Crippen LogP contribution >= 0.6 is 11.6 Å². The van der Waals surface area contributed by atoms with Gasteiger partial charge in [-0.15, -0.1) is 0 Å². The summed E-state index contributed by atoms with van der Waals surface area (Å²) < 4.78 is 5.54. The second-order valence-corrected chi connectivity index (χ2v) is 4.71. The first-order valence-electron chi connectivity index (χ1n) is 6.01. The Balaban J connectivity index is 1.94. The molecular weight excluding hydrogens is 238 g/mol. The van der Waals surface area contributed by atoms with Gasteiger partial charge in [-0.2, -0.15) is 0 Å². The molecule has 3 nitrogen and oxygen atoms in total. The molecule has 1 aromatic carbocycles. The third-order valence-electron chi connectivity index (χ3n) is 3.08. The van der Waals surface area contributed by atoms with Gasteiger partial charge in [0.1, 0.15) is 0 Å². The number of ether oxygens (including phenoxy) is 1. The van der Waals surface area contributed by atoms with Gasteiger partial charge in [-0.1, -0.05) is 29.8 Å². The Morgan fingerprint density at radius 1 is 1.47 bits per heavy atom. The lowest BCUT2D eigenvalue weighted by atomic mass is 10.1. The summed E-state index contributed by atoms with van der Waals surface area (Å²) in [5, 5.41) is 13.4. The van der Waals surface area contributed by atoms with E-state index in [1.54, 1.807) is 0 Å². The molecular formula is C13H18ClNO2. The topological polar surface area (TPSA) is 41.5 Å². The zero-order valence-electron chi connectivity index (χ0n) is 9.73. The molecule has 2 unspecified atom stereocenters. The average molecular weight is 256 g/mol. The van der Waals surface area contributed by atoms with Crippen molar-refractivity contribution in [2.24, 2.45) is 0 Å². The number of benzene rings is 1. The standard InChI is InChI=1S/C13H18ClNO2/c14-12-6-2-1-5-11(12)13(9-16)15-8-10-4-3-7-17-10/h1-2,5-6,10,13,15-16H,3-4,7-9H2. The molecule has 0 bridgehead atoms. The molecule has 0 saturated carbocycles. The van der Waals surface area contributed by atoms with Crippen molar-refractivity contribution in [3.05, 3.63) is 34.9 Å². The van der Waals surface area contributed by atoms with Gasteiger partial charge >= 0.3 is 0 Å². The molecule has 1 aliphatic rings. The average Bonchev–Trinajstić information content (AvgIpc) is 2.85. The van der Waals surface area contributed by atoms with E-state index in [1.165, 1.54) is 0 Å². The van der Waals surface area contributed by atoms with Gasteiger partial charge in [0.2, 0.25) is 0 Å². The van der Waals surface area contributed by atoms with E-state index in [1.807, 2.05) is 24.3 Å². The van der Waals surface area contributed by atoms with E-state index in [0.29, 0.717) is 5.02 Å². The Labute approximate surface area is 107 Å². The van der Waals surface area contributed by atoms with Gasteiger partial charge in [-0.05, 0) is 24.5 Å². The van der Waals surface area contributed by atoms with Gasteiger partial charge in [0.05, 0.1) is 18.8 Å². The lowest BCUT2D eigenvalue weighted by molar-refractivity contribution is 0.104. The van der Waals surface area contributed by atoms with Crippen LogP contribution in [0.3, 0.4) is 0 Å². The number of aliphatic hydroxyl groups excluding tert-OH is 1. The van der Waals surface area contributed by atoms with E-state index < -0.39 is 0 Å². The molecule has 17 heavy (non-hydrogen) atoms. The molecule has 4 heteroatoms. The van der Waals surface area contributed by atoms with Crippen LogP contribution in [-0.4, -0.2) is 31.0 Å². The quantitative estimate of drug-likeness (QED) is 0.847. The van der Waals surface area contributed by atoms with Crippen LogP contribution in [0.4, 0.5) is 0 Å². The van der Waals surface area contributed by atoms with Crippen molar-refractivity contribution in [3.63, 3.8) is 0 Å². The minimum Gasteiger partial charge on any atom is -0.394 e. The summed E-state index contributed by atoms with van der Waals surface area (Å²) in [7, 11) is 0. The SMILES string of the molecule is OCC(NCC1CCCO1)c1ccccc1Cl. The Morgan fingerprint density at radius 3 is 2.94 bits per heavy atom. The lowest BCUT2D eigenvalue weighted by Gasteiger charge is -2.20. The fourth-order valence-electron chi connectivity index (χ4n) is 2.11. The molecule has 94 valence electrons. The Bertz CT molecular complexity index is 353. The highest BCUT2D eigenvalue weighted by atomic mass is 35.5. The van der Waals surface area contributed by atoms with Gasteiger partial charge in [0, 0.05) is 18.2 Å². The van der Waals surface area contributed by atoms with Crippen LogP contribution in [0.15, 0.2) is 24.3 Å². The summed E-state index contributed by atoms with van der Waals surface area (Å²) in [5.41, 5.74) is 0.940. The summed E-state index contributed by atoms with van der Waals surface area (Å²) in [6, 6.07) is 7.48. The first-order valence-corrected chi connectivity index (χ1v) is 6.39. The molecule has 1 aromatic rings. The Hall–Kier alpha value is -0.610. The summed E-state index contributed by atoms with van der Waals surface area (Å²) in [6.45, 7) is 1.65. The van der Waals surface area contributed by atoms with Crippen LogP contribution in [0.2, 0.25) is 5.02 Å². The van der Waals surface area contributed by atoms with E-state index in [0.717, 1.165) is 31.6 Å². The fraction of sp³-hybridized carbons (Fsp3) is 0.538. The van der Waals surface area contributed by atoms with Crippen LogP contribution in [0.1, 0.15) is 24.4 Å². The van der Waals surface area contributed by atoms with Crippen LogP contribution in [0.5, 0.6) is 0 Å². The maximum Gasteiger partial charge on any atom is 0.0700 e. The highest BCUT2D eigenvalue weighted by Crippen LogP contribution is 2.22. The van der Waals surface area contributed by atoms with E-state index in [4.69, 9.17) is 16.3 Å². The fourth-order valence-corrected chi connectivity index (χ4v) is 2.38. The van der Waals surface area contributed by atoms with Crippen molar-refractivity contribution in [1.29, 1.82) is 0 Å². The zero-order chi connectivity index (χ0) is 12.1. The number of hydrogen-bond acceptors (Lipinski definition) is 3. The monoisotopic (exact) mass is 255 g/mol. The number of aliphatic hydroxyl groups is 1. The van der Waals surface area contributed by atoms with Crippen LogP contribution in [0, 0.1) is 0 Å². The van der Waals surface area contributed by atoms with Crippen molar-refractivity contribution < 1.29 is 9.84 Å². The second kappa shape index (κ2) is 6.36. The smallest absolute Gasteiger partial charge is 0.0700 e. The predicted molar refractivity (Wildman–Crippen MR) is 68.3 cm³/mol. The van der Waals surface area contributed by atoms with Crippen LogP contribution in [-0.2, 0) is 4.74 Å². The lowest BCUT2D eigenvalue weighted by Crippen LogP contribution is -2.32. The molecule has 1 fully saturated rings. The first-order chi connectivity index (χ1) is 8.31. The van der Waals surface area contributed by atoms with Gasteiger partial charge in [0.25, 0.3) is 0 Å². The highest BCUT2D eigenvalue weighted by molar-refractivity contribution is 6.31. The van der Waals surface area contributed by atoms with E-state index in [-0.39, 0.29) is 18.8 Å². The van der Waals surface area contributed by atoms with Crippen molar-refractivity contribution >= 4 is 11.6 Å². The minimum atomic E-state index is -0.118. The summed E-state index contributed by atoms with van der Waals surface area (Å²) in [5.74, 6) is 0. The van der Waals surface area contributed by atoms with Gasteiger partial charge in [-0.3, -0.25) is 0 Å². The van der Waals surface area contributed by atoms with E-state index in [2.05, 4.69) is 5.32 Å². The zero-order valence-corrected chi connectivity index (χ0v) is 10.5. The summed E-state index contributed by atoms with van der Waals surface area (Å²) in [6.07, 6.45) is 2.49. The third-order valence-corrected chi connectivity index (χ3v) is 3.42. The van der Waals surface area contributed by atoms with Crippen LogP contribution < -0.4 is 5.32 Å².